The van der Waals surface area contributed by atoms with Crippen LogP contribution in [0.1, 0.15) is 0 Å². The monoisotopic (exact) mass is 226 g/mol. The average molecular weight is 227 g/mol. The summed E-state index contributed by atoms with van der Waals surface area (Å²) in [5, 5.41) is 1.05. The first-order valence-electron chi connectivity index (χ1n) is 3.49. The second-order valence-corrected chi connectivity index (χ2v) is 3.22. The van der Waals surface area contributed by atoms with Crippen LogP contribution in [0.15, 0.2) is 22.8 Å². The molecule has 1 N–H and O–H groups in total. The second-order valence-electron chi connectivity index (χ2n) is 2.41. The van der Waals surface area contributed by atoms with Gasteiger partial charge < -0.3 is 9.72 Å². The number of aromatic amines is 1. The molecule has 0 bridgehead atoms. The Kier molecular flexibility index (Phi) is 1.77. The molecule has 0 spiro atoms. The molecule has 0 aromatic carbocycles. The lowest BCUT2D eigenvalue weighted by atomic mass is 10.3. The fraction of sp³-hybridized carbons (Fsp3) is 0.125. The predicted octanol–water partition coefficient (Wildman–Crippen LogP) is 2.33. The molecule has 0 aliphatic heterocycles. The lowest BCUT2D eigenvalue weighted by Crippen LogP contribution is -1.80. The van der Waals surface area contributed by atoms with E-state index >= 15 is 0 Å². The van der Waals surface area contributed by atoms with Crippen LogP contribution in [0.2, 0.25) is 0 Å². The first-order chi connectivity index (χ1) is 5.79. The van der Waals surface area contributed by atoms with Crippen LogP contribution < -0.4 is 4.74 Å². The molecular formula is C8H7BrN2O. The van der Waals surface area contributed by atoms with Gasteiger partial charge in [0.15, 0.2) is 5.88 Å². The molecule has 12 heavy (non-hydrogen) atoms. The number of ether oxygens (including phenoxy) is 1. The summed E-state index contributed by atoms with van der Waals surface area (Å²) in [4.78, 5) is 7.25. The van der Waals surface area contributed by atoms with E-state index in [9.17, 15) is 0 Å². The van der Waals surface area contributed by atoms with E-state index in [1.165, 1.54) is 0 Å². The Balaban J connectivity index is 2.67. The lowest BCUT2D eigenvalue weighted by molar-refractivity contribution is 0.401. The fourth-order valence-electron chi connectivity index (χ4n) is 1.07. The molecule has 3 nitrogen and oxygen atoms in total. The van der Waals surface area contributed by atoms with Crippen molar-refractivity contribution in [2.45, 2.75) is 0 Å². The molecule has 4 heteroatoms. The first-order valence-corrected chi connectivity index (χ1v) is 4.28. The Morgan fingerprint density at radius 1 is 1.50 bits per heavy atom. The highest BCUT2D eigenvalue weighted by atomic mass is 79.9. The van der Waals surface area contributed by atoms with Crippen molar-refractivity contribution in [2.24, 2.45) is 0 Å². The summed E-state index contributed by atoms with van der Waals surface area (Å²) in [5.74, 6) is 0.732. The third kappa shape index (κ3) is 1.18. The maximum atomic E-state index is 5.03. The van der Waals surface area contributed by atoms with Crippen LogP contribution in [0.25, 0.3) is 11.0 Å². The van der Waals surface area contributed by atoms with Gasteiger partial charge in [0.05, 0.1) is 7.11 Å². The highest BCUT2D eigenvalue weighted by Gasteiger charge is 2.00. The van der Waals surface area contributed by atoms with Crippen molar-refractivity contribution >= 4 is 27.0 Å². The summed E-state index contributed by atoms with van der Waals surface area (Å²) in [6.45, 7) is 0. The van der Waals surface area contributed by atoms with Gasteiger partial charge in [0, 0.05) is 11.5 Å². The number of nitrogens with one attached hydrogen (secondary N) is 1. The molecule has 2 heterocycles. The molecule has 0 amide bonds. The van der Waals surface area contributed by atoms with Gasteiger partial charge in [-0.25, -0.2) is 4.98 Å². The van der Waals surface area contributed by atoms with Crippen LogP contribution in [0, 0.1) is 0 Å². The number of aromatic nitrogens is 2. The summed E-state index contributed by atoms with van der Waals surface area (Å²) >= 11 is 3.29. The van der Waals surface area contributed by atoms with Crippen LogP contribution in [-0.2, 0) is 0 Å². The number of hydrogen-bond donors (Lipinski definition) is 1. The highest BCUT2D eigenvalue weighted by Crippen LogP contribution is 2.20. The maximum absolute atomic E-state index is 5.03. The zero-order valence-electron chi connectivity index (χ0n) is 6.47. The first kappa shape index (κ1) is 7.61. The van der Waals surface area contributed by atoms with Crippen molar-refractivity contribution in [2.75, 3.05) is 7.11 Å². The molecule has 0 unspecified atom stereocenters. The zero-order valence-corrected chi connectivity index (χ0v) is 8.05. The smallest absolute Gasteiger partial charge is 0.192 e. The second kappa shape index (κ2) is 2.79. The molecule has 0 aliphatic rings. The zero-order chi connectivity index (χ0) is 8.55. The normalized spacial score (nSPS) is 10.5. The SMILES string of the molecule is COc1cc2ccc(Br)nc2[nH]1. The molecule has 0 aliphatic carbocycles. The third-order valence-electron chi connectivity index (χ3n) is 1.64. The van der Waals surface area contributed by atoms with Gasteiger partial charge in [0.1, 0.15) is 10.3 Å². The van der Waals surface area contributed by atoms with Gasteiger partial charge in [-0.05, 0) is 28.1 Å². The van der Waals surface area contributed by atoms with Gasteiger partial charge >= 0.3 is 0 Å². The predicted molar refractivity (Wildman–Crippen MR) is 50.3 cm³/mol. The lowest BCUT2D eigenvalue weighted by Gasteiger charge is -1.89. The van der Waals surface area contributed by atoms with Gasteiger partial charge in [-0.2, -0.15) is 0 Å². The number of hydrogen-bond acceptors (Lipinski definition) is 2. The summed E-state index contributed by atoms with van der Waals surface area (Å²) in [7, 11) is 1.62. The van der Waals surface area contributed by atoms with Crippen molar-refractivity contribution in [1.82, 2.24) is 9.97 Å². The number of methoxy groups -OCH3 is 1. The van der Waals surface area contributed by atoms with Crippen LogP contribution in [-0.4, -0.2) is 17.1 Å². The minimum atomic E-state index is 0.732. The molecule has 0 saturated heterocycles. The molecule has 0 radical (unpaired) electrons. The van der Waals surface area contributed by atoms with E-state index in [1.54, 1.807) is 7.11 Å². The van der Waals surface area contributed by atoms with E-state index in [1.807, 2.05) is 18.2 Å². The Labute approximate surface area is 77.9 Å². The average Bonchev–Trinajstić information content (AvgIpc) is 2.46. The van der Waals surface area contributed by atoms with Crippen LogP contribution in [0.3, 0.4) is 0 Å². The van der Waals surface area contributed by atoms with Gasteiger partial charge in [-0.3, -0.25) is 0 Å². The quantitative estimate of drug-likeness (QED) is 0.759. The summed E-state index contributed by atoms with van der Waals surface area (Å²) in [5.41, 5.74) is 0.834. The van der Waals surface area contributed by atoms with Crippen LogP contribution in [0.5, 0.6) is 5.88 Å². The Morgan fingerprint density at radius 2 is 2.33 bits per heavy atom. The van der Waals surface area contributed by atoms with E-state index in [2.05, 4.69) is 25.9 Å². The number of nitrogens with zero attached hydrogens (tertiary/aromatic N) is 1. The van der Waals surface area contributed by atoms with Crippen molar-refractivity contribution in [3.63, 3.8) is 0 Å². The minimum Gasteiger partial charge on any atom is -0.482 e. The van der Waals surface area contributed by atoms with Crippen molar-refractivity contribution in [3.8, 4) is 5.88 Å². The number of pyridine rings is 1. The van der Waals surface area contributed by atoms with Crippen molar-refractivity contribution in [1.29, 1.82) is 0 Å². The number of halogens is 1. The van der Waals surface area contributed by atoms with E-state index < -0.39 is 0 Å². The number of rotatable bonds is 1. The maximum Gasteiger partial charge on any atom is 0.192 e. The Bertz CT molecular complexity index is 410. The van der Waals surface area contributed by atoms with Gasteiger partial charge in [0.2, 0.25) is 0 Å². The van der Waals surface area contributed by atoms with Gasteiger partial charge in [-0.15, -0.1) is 0 Å². The topological polar surface area (TPSA) is 37.9 Å². The highest BCUT2D eigenvalue weighted by molar-refractivity contribution is 9.10. The summed E-state index contributed by atoms with van der Waals surface area (Å²) in [6.07, 6.45) is 0. The summed E-state index contributed by atoms with van der Waals surface area (Å²) < 4.78 is 5.85. The van der Waals surface area contributed by atoms with E-state index in [4.69, 9.17) is 4.74 Å². The van der Waals surface area contributed by atoms with Crippen LogP contribution in [0.4, 0.5) is 0 Å². The van der Waals surface area contributed by atoms with E-state index in [0.29, 0.717) is 0 Å². The molecule has 0 saturated carbocycles. The van der Waals surface area contributed by atoms with Crippen molar-refractivity contribution in [3.05, 3.63) is 22.8 Å². The summed E-state index contributed by atoms with van der Waals surface area (Å²) in [6, 6.07) is 5.79. The minimum absolute atomic E-state index is 0.732. The molecule has 2 aromatic rings. The Hall–Kier alpha value is -1.03. The molecule has 2 aromatic heterocycles. The van der Waals surface area contributed by atoms with E-state index in [-0.39, 0.29) is 0 Å². The largest absolute Gasteiger partial charge is 0.482 e. The van der Waals surface area contributed by atoms with Crippen LogP contribution >= 0.6 is 15.9 Å². The Morgan fingerprint density at radius 3 is 3.08 bits per heavy atom. The standard InChI is InChI=1S/C8H7BrN2O/c1-12-7-4-5-2-3-6(9)10-8(5)11-7/h2-4H,1H3,(H,10,11). The van der Waals surface area contributed by atoms with E-state index in [0.717, 1.165) is 21.5 Å². The molecule has 0 fully saturated rings. The van der Waals surface area contributed by atoms with Crippen molar-refractivity contribution < 1.29 is 4.74 Å². The molecule has 2 rings (SSSR count). The molecular weight excluding hydrogens is 220 g/mol. The molecule has 0 atom stereocenters. The van der Waals surface area contributed by atoms with Gasteiger partial charge in [0.25, 0.3) is 0 Å². The number of H-pyrrole nitrogens is 1. The molecule has 62 valence electrons. The fourth-order valence-corrected chi connectivity index (χ4v) is 1.38. The van der Waals surface area contributed by atoms with Gasteiger partial charge in [-0.1, -0.05) is 0 Å². The number of fused-ring (bicyclic) bond motifs is 1. The third-order valence-corrected chi connectivity index (χ3v) is 2.08.